The molecule has 2 aliphatic rings. The first-order valence-corrected chi connectivity index (χ1v) is 7.82. The third-order valence-corrected chi connectivity index (χ3v) is 4.64. The molecule has 1 N–H and O–H groups in total. The Balaban J connectivity index is 1.46. The molecule has 1 aliphatic heterocycles. The van der Waals surface area contributed by atoms with Gasteiger partial charge < -0.3 is 10.2 Å². The summed E-state index contributed by atoms with van der Waals surface area (Å²) in [6.45, 7) is 2.68. The quantitative estimate of drug-likeness (QED) is 0.903. The van der Waals surface area contributed by atoms with Crippen molar-refractivity contribution in [3.8, 4) is 0 Å². The molecule has 3 nitrogen and oxygen atoms in total. The predicted molar refractivity (Wildman–Crippen MR) is 79.3 cm³/mol. The number of aromatic nitrogens is 1. The van der Waals surface area contributed by atoms with Crippen LogP contribution in [0.5, 0.6) is 0 Å². The molecule has 1 saturated heterocycles. The summed E-state index contributed by atoms with van der Waals surface area (Å²) in [6.07, 6.45) is 13.3. The number of hydrogen-bond donors (Lipinski definition) is 1. The number of nitrogens with zero attached hydrogens (tertiary/aromatic N) is 2. The Morgan fingerprint density at radius 3 is 2.53 bits per heavy atom. The van der Waals surface area contributed by atoms with Gasteiger partial charge in [-0.15, -0.1) is 0 Å². The van der Waals surface area contributed by atoms with Crippen molar-refractivity contribution in [2.75, 3.05) is 18.4 Å². The molecule has 0 amide bonds. The zero-order chi connectivity index (χ0) is 12.9. The van der Waals surface area contributed by atoms with E-state index in [2.05, 4.69) is 21.3 Å². The number of nitrogens with one attached hydrogen (secondary N) is 1. The second-order valence-corrected chi connectivity index (χ2v) is 5.99. The highest BCUT2D eigenvalue weighted by molar-refractivity contribution is 5.40. The monoisotopic (exact) mass is 259 g/mol. The average Bonchev–Trinajstić information content (AvgIpc) is 2.50. The van der Waals surface area contributed by atoms with Crippen LogP contribution in [-0.2, 0) is 0 Å². The molecule has 104 valence electrons. The molecule has 2 fully saturated rings. The zero-order valence-electron chi connectivity index (χ0n) is 11.7. The fourth-order valence-electron chi connectivity index (χ4n) is 3.55. The van der Waals surface area contributed by atoms with E-state index in [1.54, 1.807) is 0 Å². The van der Waals surface area contributed by atoms with Crippen LogP contribution in [0.15, 0.2) is 24.5 Å². The molecule has 0 unspecified atom stereocenters. The summed E-state index contributed by atoms with van der Waals surface area (Å²) < 4.78 is 0. The maximum atomic E-state index is 4.17. The molecule has 0 aromatic carbocycles. The highest BCUT2D eigenvalue weighted by Gasteiger charge is 2.26. The van der Waals surface area contributed by atoms with Crippen molar-refractivity contribution in [2.45, 2.75) is 57.0 Å². The van der Waals surface area contributed by atoms with E-state index in [4.69, 9.17) is 0 Å². The lowest BCUT2D eigenvalue weighted by Gasteiger charge is -2.39. The van der Waals surface area contributed by atoms with Crippen LogP contribution in [-0.4, -0.2) is 35.1 Å². The van der Waals surface area contributed by atoms with Gasteiger partial charge in [0.2, 0.25) is 0 Å². The summed E-state index contributed by atoms with van der Waals surface area (Å²) in [6, 6.07) is 5.61. The summed E-state index contributed by atoms with van der Waals surface area (Å²) >= 11 is 0. The number of pyridine rings is 1. The van der Waals surface area contributed by atoms with Gasteiger partial charge in [0.15, 0.2) is 0 Å². The van der Waals surface area contributed by atoms with Crippen molar-refractivity contribution < 1.29 is 0 Å². The van der Waals surface area contributed by atoms with Gasteiger partial charge in [-0.05, 0) is 63.7 Å². The van der Waals surface area contributed by atoms with Crippen molar-refractivity contribution >= 4 is 5.69 Å². The summed E-state index contributed by atoms with van der Waals surface area (Å²) in [5.74, 6) is 0. The molecule has 19 heavy (non-hydrogen) atoms. The summed E-state index contributed by atoms with van der Waals surface area (Å²) in [5.41, 5.74) is 1.17. The van der Waals surface area contributed by atoms with Crippen LogP contribution >= 0.6 is 0 Å². The van der Waals surface area contributed by atoms with E-state index < -0.39 is 0 Å². The third-order valence-electron chi connectivity index (χ3n) is 4.64. The van der Waals surface area contributed by atoms with Crippen molar-refractivity contribution in [3.05, 3.63) is 24.5 Å². The van der Waals surface area contributed by atoms with Gasteiger partial charge in [0.25, 0.3) is 0 Å². The van der Waals surface area contributed by atoms with Gasteiger partial charge in [-0.3, -0.25) is 4.98 Å². The van der Waals surface area contributed by atoms with Gasteiger partial charge in [-0.25, -0.2) is 0 Å². The van der Waals surface area contributed by atoms with E-state index in [0.29, 0.717) is 6.04 Å². The first-order chi connectivity index (χ1) is 9.42. The van der Waals surface area contributed by atoms with Crippen LogP contribution in [0, 0.1) is 0 Å². The van der Waals surface area contributed by atoms with Gasteiger partial charge in [0.1, 0.15) is 0 Å². The molecular formula is C16H25N3. The molecule has 2 heterocycles. The first kappa shape index (κ1) is 12.9. The van der Waals surface area contributed by atoms with Gasteiger partial charge >= 0.3 is 0 Å². The molecule has 0 atom stereocenters. The van der Waals surface area contributed by atoms with Crippen LogP contribution in [0.4, 0.5) is 5.69 Å². The largest absolute Gasteiger partial charge is 0.381 e. The summed E-state index contributed by atoms with van der Waals surface area (Å²) in [4.78, 5) is 6.91. The van der Waals surface area contributed by atoms with Crippen molar-refractivity contribution in [1.29, 1.82) is 0 Å². The first-order valence-electron chi connectivity index (χ1n) is 7.82. The van der Waals surface area contributed by atoms with Crippen LogP contribution in [0.2, 0.25) is 0 Å². The highest BCUT2D eigenvalue weighted by atomic mass is 15.2. The van der Waals surface area contributed by atoms with E-state index >= 15 is 0 Å². The maximum absolute atomic E-state index is 4.17. The van der Waals surface area contributed by atoms with Gasteiger partial charge in [0, 0.05) is 24.5 Å². The number of hydrogen-bond acceptors (Lipinski definition) is 3. The predicted octanol–water partition coefficient (Wildman–Crippen LogP) is 3.29. The Labute approximate surface area is 116 Å². The fraction of sp³-hybridized carbons (Fsp3) is 0.688. The SMILES string of the molecule is c1cncc(NC2CCC(N3CCCCC3)CC2)c1. The summed E-state index contributed by atoms with van der Waals surface area (Å²) in [7, 11) is 0. The second kappa shape index (κ2) is 6.38. The van der Waals surface area contributed by atoms with Crippen molar-refractivity contribution in [1.82, 2.24) is 9.88 Å². The van der Waals surface area contributed by atoms with E-state index in [9.17, 15) is 0 Å². The van der Waals surface area contributed by atoms with E-state index in [0.717, 1.165) is 6.04 Å². The number of piperidine rings is 1. The Hall–Kier alpha value is -1.09. The number of likely N-dealkylation sites (tertiary alicyclic amines) is 1. The zero-order valence-corrected chi connectivity index (χ0v) is 11.7. The van der Waals surface area contributed by atoms with Crippen molar-refractivity contribution in [3.63, 3.8) is 0 Å². The molecular weight excluding hydrogens is 234 g/mol. The Morgan fingerprint density at radius 2 is 1.84 bits per heavy atom. The Kier molecular flexibility index (Phi) is 4.34. The van der Waals surface area contributed by atoms with Crippen LogP contribution < -0.4 is 5.32 Å². The van der Waals surface area contributed by atoms with E-state index in [1.165, 1.54) is 63.7 Å². The lowest BCUT2D eigenvalue weighted by atomic mass is 9.89. The lowest BCUT2D eigenvalue weighted by Crippen LogP contribution is -2.43. The molecule has 0 bridgehead atoms. The minimum absolute atomic E-state index is 0.644. The van der Waals surface area contributed by atoms with Gasteiger partial charge in [-0.2, -0.15) is 0 Å². The third kappa shape index (κ3) is 3.47. The van der Waals surface area contributed by atoms with Crippen LogP contribution in [0.3, 0.4) is 0 Å². The normalized spacial score (nSPS) is 29.1. The van der Waals surface area contributed by atoms with Gasteiger partial charge in [0.05, 0.1) is 5.69 Å². The minimum atomic E-state index is 0.644. The van der Waals surface area contributed by atoms with Crippen LogP contribution in [0.1, 0.15) is 44.9 Å². The molecule has 3 heteroatoms. The second-order valence-electron chi connectivity index (χ2n) is 5.99. The number of rotatable bonds is 3. The van der Waals surface area contributed by atoms with E-state index in [-0.39, 0.29) is 0 Å². The van der Waals surface area contributed by atoms with Gasteiger partial charge in [-0.1, -0.05) is 6.42 Å². The molecule has 1 aliphatic carbocycles. The standard InChI is InChI=1S/C16H25N3/c1-2-11-19(12-3-1)16-8-6-14(7-9-16)18-15-5-4-10-17-13-15/h4-5,10,13-14,16,18H,1-3,6-9,11-12H2. The Morgan fingerprint density at radius 1 is 1.05 bits per heavy atom. The van der Waals surface area contributed by atoms with Crippen LogP contribution in [0.25, 0.3) is 0 Å². The molecule has 1 saturated carbocycles. The molecule has 0 spiro atoms. The lowest BCUT2D eigenvalue weighted by molar-refractivity contribution is 0.127. The molecule has 1 aromatic rings. The topological polar surface area (TPSA) is 28.2 Å². The van der Waals surface area contributed by atoms with E-state index in [1.807, 2.05) is 18.5 Å². The van der Waals surface area contributed by atoms with Crippen molar-refractivity contribution in [2.24, 2.45) is 0 Å². The molecule has 1 aromatic heterocycles. The average molecular weight is 259 g/mol. The molecule has 0 radical (unpaired) electrons. The number of anilines is 1. The smallest absolute Gasteiger partial charge is 0.0528 e. The Bertz CT molecular complexity index is 365. The summed E-state index contributed by atoms with van der Waals surface area (Å²) in [5, 5.41) is 3.62. The minimum Gasteiger partial charge on any atom is -0.381 e. The fourth-order valence-corrected chi connectivity index (χ4v) is 3.55. The highest BCUT2D eigenvalue weighted by Crippen LogP contribution is 2.27. The molecule has 3 rings (SSSR count). The maximum Gasteiger partial charge on any atom is 0.0528 e.